The molecule has 0 aliphatic heterocycles. The van der Waals surface area contributed by atoms with Crippen LogP contribution in [0.15, 0.2) is 29.0 Å². The minimum atomic E-state index is -5.02. The first-order valence-corrected chi connectivity index (χ1v) is 9.74. The maximum Gasteiger partial charge on any atom is 0.416 e. The first-order chi connectivity index (χ1) is 15.7. The second-order valence-electron chi connectivity index (χ2n) is 7.54. The minimum absolute atomic E-state index is 0.0118. The Kier molecular flexibility index (Phi) is 6.58. The largest absolute Gasteiger partial charge is 0.459 e. The van der Waals surface area contributed by atoms with E-state index in [2.05, 4.69) is 15.2 Å². The lowest BCUT2D eigenvalue weighted by molar-refractivity contribution is -0.143. The predicted molar refractivity (Wildman–Crippen MR) is 107 cm³/mol. The summed E-state index contributed by atoms with van der Waals surface area (Å²) in [5, 5.41) is 7.71. The molecule has 0 saturated carbocycles. The molecule has 182 valence electrons. The summed E-state index contributed by atoms with van der Waals surface area (Å²) in [7, 11) is 0. The Hall–Kier alpha value is -3.64. The van der Waals surface area contributed by atoms with Crippen LogP contribution in [0.1, 0.15) is 42.0 Å². The number of esters is 1. The van der Waals surface area contributed by atoms with E-state index in [4.69, 9.17) is 9.26 Å². The predicted octanol–water partition coefficient (Wildman–Crippen LogP) is 5.54. The van der Waals surface area contributed by atoms with Crippen molar-refractivity contribution in [2.24, 2.45) is 0 Å². The molecule has 7 nitrogen and oxygen atoms in total. The van der Waals surface area contributed by atoms with Gasteiger partial charge in [-0.05, 0) is 45.9 Å². The summed E-state index contributed by atoms with van der Waals surface area (Å²) in [5.74, 6) is -0.888. The van der Waals surface area contributed by atoms with Gasteiger partial charge in [-0.25, -0.2) is 14.5 Å². The molecule has 2 aromatic heterocycles. The fourth-order valence-corrected chi connectivity index (χ4v) is 3.05. The zero-order chi connectivity index (χ0) is 25.4. The molecule has 0 spiro atoms. The van der Waals surface area contributed by atoms with Crippen molar-refractivity contribution < 1.29 is 40.4 Å². The molecule has 1 aromatic carbocycles. The summed E-state index contributed by atoms with van der Waals surface area (Å²) >= 11 is 0. The van der Waals surface area contributed by atoms with Crippen LogP contribution in [0.3, 0.4) is 0 Å². The summed E-state index contributed by atoms with van der Waals surface area (Å²) in [6.45, 7) is 6.39. The maximum absolute atomic E-state index is 13.2. The monoisotopic (exact) mass is 488 g/mol. The topological polar surface area (TPSA) is 83.0 Å². The van der Waals surface area contributed by atoms with Gasteiger partial charge in [-0.2, -0.15) is 26.3 Å². The molecule has 13 heteroatoms. The number of hydrogen-bond acceptors (Lipinski definition) is 6. The third-order valence-corrected chi connectivity index (χ3v) is 4.48. The number of halogens is 6. The first-order valence-electron chi connectivity index (χ1n) is 9.74. The second kappa shape index (κ2) is 8.95. The van der Waals surface area contributed by atoms with Crippen LogP contribution in [0.5, 0.6) is 0 Å². The lowest BCUT2D eigenvalue weighted by atomic mass is 10.0. The zero-order valence-corrected chi connectivity index (χ0v) is 18.2. The molecule has 0 N–H and O–H groups in total. The Morgan fingerprint density at radius 3 is 2.12 bits per heavy atom. The summed E-state index contributed by atoms with van der Waals surface area (Å²) in [4.78, 5) is 16.5. The highest BCUT2D eigenvalue weighted by molar-refractivity contribution is 6.20. The summed E-state index contributed by atoms with van der Waals surface area (Å²) in [6.07, 6.45) is -8.31. The van der Waals surface area contributed by atoms with E-state index in [1.54, 1.807) is 27.7 Å². The van der Waals surface area contributed by atoms with Crippen molar-refractivity contribution in [1.82, 2.24) is 19.9 Å². The van der Waals surface area contributed by atoms with Gasteiger partial charge in [0, 0.05) is 11.8 Å². The first kappa shape index (κ1) is 25.0. The minimum Gasteiger partial charge on any atom is -0.459 e. The number of ether oxygens (including phenoxy) is 1. The highest BCUT2D eigenvalue weighted by atomic mass is 19.4. The maximum atomic E-state index is 13.2. The standard InChI is InChI=1S/C21H18F6N4O3/c1-10(2)33-19(32)16(17-11(3)30-34-12(17)4)8-31-9-28-18(29-31)13-5-14(20(22,23)24)7-15(6-13)21(25,26)27/h5-10H,1-4H3. The Morgan fingerprint density at radius 1 is 1.06 bits per heavy atom. The van der Waals surface area contributed by atoms with Crippen molar-refractivity contribution in [3.05, 3.63) is 52.7 Å². The van der Waals surface area contributed by atoms with Crippen molar-refractivity contribution in [2.45, 2.75) is 46.2 Å². The molecule has 0 amide bonds. The normalized spacial score (nSPS) is 13.0. The van der Waals surface area contributed by atoms with Gasteiger partial charge in [0.05, 0.1) is 34.1 Å². The third kappa shape index (κ3) is 5.46. The number of rotatable bonds is 5. The number of alkyl halides is 6. The molecule has 0 aliphatic carbocycles. The Balaban J connectivity index is 2.10. The number of nitrogens with zero attached hydrogens (tertiary/aromatic N) is 4. The molecule has 34 heavy (non-hydrogen) atoms. The summed E-state index contributed by atoms with van der Waals surface area (Å²) in [5.41, 5.74) is -2.87. The van der Waals surface area contributed by atoms with E-state index >= 15 is 0 Å². The molecule has 0 saturated heterocycles. The molecular weight excluding hydrogens is 470 g/mol. The van der Waals surface area contributed by atoms with Gasteiger partial charge in [0.15, 0.2) is 5.82 Å². The van der Waals surface area contributed by atoms with E-state index in [-0.39, 0.29) is 17.4 Å². The Morgan fingerprint density at radius 2 is 1.65 bits per heavy atom. The molecule has 0 atom stereocenters. The number of hydrogen-bond donors (Lipinski definition) is 0. The Labute approximate surface area is 189 Å². The van der Waals surface area contributed by atoms with Gasteiger partial charge in [0.25, 0.3) is 0 Å². The van der Waals surface area contributed by atoms with Gasteiger partial charge < -0.3 is 9.26 Å². The van der Waals surface area contributed by atoms with E-state index in [0.717, 1.165) is 11.0 Å². The molecule has 0 fully saturated rings. The average Bonchev–Trinajstić information content (AvgIpc) is 3.30. The van der Waals surface area contributed by atoms with Crippen molar-refractivity contribution in [3.8, 4) is 11.4 Å². The van der Waals surface area contributed by atoms with E-state index in [9.17, 15) is 31.1 Å². The number of aromatic nitrogens is 4. The number of benzene rings is 1. The molecule has 0 aliphatic rings. The van der Waals surface area contributed by atoms with Crippen LogP contribution in [-0.2, 0) is 21.9 Å². The quantitative estimate of drug-likeness (QED) is 0.267. The molecule has 0 unspecified atom stereocenters. The van der Waals surface area contributed by atoms with Crippen molar-refractivity contribution in [3.63, 3.8) is 0 Å². The van der Waals surface area contributed by atoms with Gasteiger partial charge in [-0.15, -0.1) is 5.10 Å². The van der Waals surface area contributed by atoms with Crippen LogP contribution in [0.25, 0.3) is 23.2 Å². The molecule has 3 aromatic rings. The second-order valence-corrected chi connectivity index (χ2v) is 7.54. The van der Waals surface area contributed by atoms with Crippen LogP contribution >= 0.6 is 0 Å². The molecule has 2 heterocycles. The van der Waals surface area contributed by atoms with Gasteiger partial charge in [0.2, 0.25) is 0 Å². The van der Waals surface area contributed by atoms with Crippen LogP contribution in [0, 0.1) is 13.8 Å². The van der Waals surface area contributed by atoms with Crippen molar-refractivity contribution in [2.75, 3.05) is 0 Å². The van der Waals surface area contributed by atoms with Crippen molar-refractivity contribution in [1.29, 1.82) is 0 Å². The van der Waals surface area contributed by atoms with Crippen LogP contribution in [0.2, 0.25) is 0 Å². The molecular formula is C21H18F6N4O3. The fourth-order valence-electron chi connectivity index (χ4n) is 3.05. The van der Waals surface area contributed by atoms with Gasteiger partial charge in [-0.1, -0.05) is 5.16 Å². The molecule has 3 rings (SSSR count). The van der Waals surface area contributed by atoms with E-state index in [1.807, 2.05) is 0 Å². The van der Waals surface area contributed by atoms with Gasteiger partial charge >= 0.3 is 18.3 Å². The molecule has 0 radical (unpaired) electrons. The van der Waals surface area contributed by atoms with Crippen LogP contribution < -0.4 is 0 Å². The van der Waals surface area contributed by atoms with Crippen LogP contribution in [-0.4, -0.2) is 32.0 Å². The average molecular weight is 488 g/mol. The zero-order valence-electron chi connectivity index (χ0n) is 18.2. The molecule has 0 bridgehead atoms. The SMILES string of the molecule is Cc1noc(C)c1C(=Cn1cnc(-c2cc(C(F)(F)F)cc(C(F)(F)F)c2)n1)C(=O)OC(C)C. The highest BCUT2D eigenvalue weighted by Gasteiger charge is 2.37. The van der Waals surface area contributed by atoms with Gasteiger partial charge in [0.1, 0.15) is 12.1 Å². The summed E-state index contributed by atoms with van der Waals surface area (Å²) in [6, 6.07) is 1.04. The number of aryl methyl sites for hydroxylation is 2. The van der Waals surface area contributed by atoms with Gasteiger partial charge in [-0.3, -0.25) is 0 Å². The fraction of sp³-hybridized carbons (Fsp3) is 0.333. The van der Waals surface area contributed by atoms with Crippen LogP contribution in [0.4, 0.5) is 26.3 Å². The highest BCUT2D eigenvalue weighted by Crippen LogP contribution is 2.38. The third-order valence-electron chi connectivity index (χ3n) is 4.48. The lowest BCUT2D eigenvalue weighted by Gasteiger charge is -2.13. The van der Waals surface area contributed by atoms with E-state index < -0.39 is 46.9 Å². The Bertz CT molecular complexity index is 1190. The van der Waals surface area contributed by atoms with E-state index in [1.165, 1.54) is 6.20 Å². The smallest absolute Gasteiger partial charge is 0.416 e. The van der Waals surface area contributed by atoms with Crippen molar-refractivity contribution >= 4 is 17.7 Å². The lowest BCUT2D eigenvalue weighted by Crippen LogP contribution is -2.14. The van der Waals surface area contributed by atoms with E-state index in [0.29, 0.717) is 23.4 Å². The summed E-state index contributed by atoms with van der Waals surface area (Å²) < 4.78 is 90.3. The number of carbonyl (C=O) groups is 1. The number of carbonyl (C=O) groups excluding carboxylic acids is 1.